The Bertz CT molecular complexity index is 563. The van der Waals surface area contributed by atoms with Crippen molar-refractivity contribution in [1.82, 2.24) is 5.32 Å². The first kappa shape index (κ1) is 14.8. The normalized spacial score (nSPS) is 17.1. The van der Waals surface area contributed by atoms with Crippen molar-refractivity contribution >= 4 is 33.6 Å². The molecule has 1 atom stereocenters. The number of urea groups is 1. The average molecular weight is 345 g/mol. The van der Waals surface area contributed by atoms with Crippen molar-refractivity contribution < 1.29 is 19.1 Å². The van der Waals surface area contributed by atoms with Crippen LogP contribution in [-0.2, 0) is 4.79 Å². The molecule has 0 heterocycles. The summed E-state index contributed by atoms with van der Waals surface area (Å²) in [5.41, 5.74) is -1.04. The van der Waals surface area contributed by atoms with Crippen LogP contribution in [-0.4, -0.2) is 22.6 Å². The lowest BCUT2D eigenvalue weighted by molar-refractivity contribution is -0.144. The van der Waals surface area contributed by atoms with E-state index < -0.39 is 23.4 Å². The molecule has 1 unspecified atom stereocenters. The van der Waals surface area contributed by atoms with E-state index in [1.54, 1.807) is 0 Å². The molecule has 0 saturated heterocycles. The maximum absolute atomic E-state index is 13.3. The monoisotopic (exact) mass is 344 g/mol. The Balaban J connectivity index is 2.04. The van der Waals surface area contributed by atoms with Gasteiger partial charge in [-0.1, -0.05) is 0 Å². The molecule has 0 bridgehead atoms. The summed E-state index contributed by atoms with van der Waals surface area (Å²) < 4.78 is 13.6. The van der Waals surface area contributed by atoms with Crippen molar-refractivity contribution in [1.29, 1.82) is 0 Å². The lowest BCUT2D eigenvalue weighted by Crippen LogP contribution is -2.55. The summed E-state index contributed by atoms with van der Waals surface area (Å²) in [7, 11) is 0. The number of hydrogen-bond donors (Lipinski definition) is 3. The summed E-state index contributed by atoms with van der Waals surface area (Å²) in [6, 6.07) is 3.46. The zero-order valence-corrected chi connectivity index (χ0v) is 12.3. The fraction of sp³-hybridized carbons (Fsp3) is 0.385. The van der Waals surface area contributed by atoms with Crippen LogP contribution in [0.1, 0.15) is 19.8 Å². The maximum Gasteiger partial charge on any atom is 0.329 e. The third-order valence-electron chi connectivity index (χ3n) is 3.39. The van der Waals surface area contributed by atoms with Crippen LogP contribution in [0.4, 0.5) is 14.9 Å². The molecule has 5 nitrogen and oxygen atoms in total. The zero-order chi connectivity index (χ0) is 14.9. The van der Waals surface area contributed by atoms with Crippen LogP contribution in [0.25, 0.3) is 0 Å². The van der Waals surface area contributed by atoms with Crippen LogP contribution < -0.4 is 10.6 Å². The molecule has 1 saturated carbocycles. The highest BCUT2D eigenvalue weighted by molar-refractivity contribution is 9.10. The summed E-state index contributed by atoms with van der Waals surface area (Å²) in [5.74, 6) is -1.64. The number of carbonyl (C=O) groups is 2. The molecule has 1 aliphatic carbocycles. The molecule has 108 valence electrons. The van der Waals surface area contributed by atoms with E-state index in [4.69, 9.17) is 0 Å². The van der Waals surface area contributed by atoms with E-state index in [9.17, 15) is 19.1 Å². The van der Waals surface area contributed by atoms with Gasteiger partial charge in [0.1, 0.15) is 11.4 Å². The first-order valence-corrected chi connectivity index (χ1v) is 6.90. The Labute approximate surface area is 123 Å². The first-order chi connectivity index (χ1) is 9.33. The third-order valence-corrected chi connectivity index (χ3v) is 4.03. The Morgan fingerprint density at radius 3 is 2.60 bits per heavy atom. The molecule has 3 N–H and O–H groups in total. The van der Waals surface area contributed by atoms with E-state index in [2.05, 4.69) is 26.6 Å². The highest BCUT2D eigenvalue weighted by Crippen LogP contribution is 2.39. The van der Waals surface area contributed by atoms with Gasteiger partial charge in [-0.3, -0.25) is 0 Å². The van der Waals surface area contributed by atoms with Crippen molar-refractivity contribution in [3.8, 4) is 0 Å². The molecule has 20 heavy (non-hydrogen) atoms. The van der Waals surface area contributed by atoms with E-state index >= 15 is 0 Å². The standard InChI is InChI=1S/C13H14BrFN2O3/c1-13(11(18)19,7-2-3-7)17-12(20)16-8-4-5-9(14)10(15)6-8/h4-7H,2-3H2,1H3,(H,18,19)(H2,16,17,20). The number of carboxylic acid groups (broad SMARTS) is 1. The van der Waals surface area contributed by atoms with Crippen molar-refractivity contribution in [2.24, 2.45) is 5.92 Å². The molecule has 0 aromatic heterocycles. The molecule has 1 aromatic rings. The second kappa shape index (κ2) is 5.40. The van der Waals surface area contributed by atoms with Gasteiger partial charge in [0.2, 0.25) is 0 Å². The topological polar surface area (TPSA) is 78.4 Å². The Morgan fingerprint density at radius 1 is 1.45 bits per heavy atom. The van der Waals surface area contributed by atoms with E-state index in [1.807, 2.05) is 0 Å². The molecular formula is C13H14BrFN2O3. The fourth-order valence-corrected chi connectivity index (χ4v) is 2.21. The van der Waals surface area contributed by atoms with Gasteiger partial charge in [-0.25, -0.2) is 14.0 Å². The predicted molar refractivity (Wildman–Crippen MR) is 75.0 cm³/mol. The largest absolute Gasteiger partial charge is 0.480 e. The number of carboxylic acids is 1. The molecule has 0 radical (unpaired) electrons. The summed E-state index contributed by atoms with van der Waals surface area (Å²) in [5, 5.41) is 14.1. The van der Waals surface area contributed by atoms with Crippen LogP contribution in [0.3, 0.4) is 0 Å². The molecule has 7 heteroatoms. The van der Waals surface area contributed by atoms with Gasteiger partial charge in [0.25, 0.3) is 0 Å². The fourth-order valence-electron chi connectivity index (χ4n) is 1.96. The van der Waals surface area contributed by atoms with Gasteiger partial charge < -0.3 is 15.7 Å². The van der Waals surface area contributed by atoms with Crippen LogP contribution >= 0.6 is 15.9 Å². The summed E-state index contributed by atoms with van der Waals surface area (Å²) in [6.07, 6.45) is 1.55. The van der Waals surface area contributed by atoms with E-state index in [0.717, 1.165) is 18.9 Å². The average Bonchev–Trinajstić information content (AvgIpc) is 3.17. The minimum Gasteiger partial charge on any atom is -0.480 e. The van der Waals surface area contributed by atoms with Gasteiger partial charge in [-0.2, -0.15) is 0 Å². The van der Waals surface area contributed by atoms with Crippen LogP contribution in [0.2, 0.25) is 0 Å². The first-order valence-electron chi connectivity index (χ1n) is 6.10. The molecule has 2 amide bonds. The maximum atomic E-state index is 13.3. The number of benzene rings is 1. The molecule has 2 rings (SSSR count). The highest BCUT2D eigenvalue weighted by Gasteiger charge is 2.48. The molecule has 1 fully saturated rings. The number of halogens is 2. The molecule has 0 spiro atoms. The Hall–Kier alpha value is -1.63. The van der Waals surface area contributed by atoms with Crippen molar-refractivity contribution in [3.63, 3.8) is 0 Å². The Kier molecular flexibility index (Phi) is 3.99. The smallest absolute Gasteiger partial charge is 0.329 e. The minimum atomic E-state index is -1.29. The lowest BCUT2D eigenvalue weighted by atomic mass is 9.96. The summed E-state index contributed by atoms with van der Waals surface area (Å²) in [4.78, 5) is 23.1. The van der Waals surface area contributed by atoms with Gasteiger partial charge in [0, 0.05) is 5.69 Å². The number of aliphatic carboxylic acids is 1. The van der Waals surface area contributed by atoms with Crippen LogP contribution in [0.15, 0.2) is 22.7 Å². The number of anilines is 1. The number of amides is 2. The zero-order valence-electron chi connectivity index (χ0n) is 10.7. The highest BCUT2D eigenvalue weighted by atomic mass is 79.9. The SMILES string of the molecule is CC(NC(=O)Nc1ccc(Br)c(F)c1)(C(=O)O)C1CC1. The Morgan fingerprint density at radius 2 is 2.10 bits per heavy atom. The van der Waals surface area contributed by atoms with E-state index in [0.29, 0.717) is 0 Å². The van der Waals surface area contributed by atoms with Crippen molar-refractivity contribution in [3.05, 3.63) is 28.5 Å². The summed E-state index contributed by atoms with van der Waals surface area (Å²) in [6.45, 7) is 1.48. The van der Waals surface area contributed by atoms with E-state index in [-0.39, 0.29) is 16.1 Å². The van der Waals surface area contributed by atoms with Gasteiger partial charge >= 0.3 is 12.0 Å². The third kappa shape index (κ3) is 3.09. The number of rotatable bonds is 4. The van der Waals surface area contributed by atoms with Gasteiger partial charge in [-0.05, 0) is 59.8 Å². The number of carbonyl (C=O) groups excluding carboxylic acids is 1. The van der Waals surface area contributed by atoms with E-state index in [1.165, 1.54) is 19.1 Å². The van der Waals surface area contributed by atoms with Crippen molar-refractivity contribution in [2.45, 2.75) is 25.3 Å². The predicted octanol–water partition coefficient (Wildman–Crippen LogP) is 2.96. The van der Waals surface area contributed by atoms with Gasteiger partial charge in [0.15, 0.2) is 0 Å². The molecule has 1 aliphatic rings. The molecule has 0 aliphatic heterocycles. The van der Waals surface area contributed by atoms with Crippen molar-refractivity contribution in [2.75, 3.05) is 5.32 Å². The minimum absolute atomic E-state index is 0.0626. The van der Waals surface area contributed by atoms with Crippen LogP contribution in [0, 0.1) is 11.7 Å². The molecule has 1 aromatic carbocycles. The number of hydrogen-bond acceptors (Lipinski definition) is 2. The lowest BCUT2D eigenvalue weighted by Gasteiger charge is -2.26. The second-order valence-corrected chi connectivity index (χ2v) is 5.84. The summed E-state index contributed by atoms with van der Waals surface area (Å²) >= 11 is 3.01. The molecular weight excluding hydrogens is 331 g/mol. The quantitative estimate of drug-likeness (QED) is 0.785. The van der Waals surface area contributed by atoms with Crippen LogP contribution in [0.5, 0.6) is 0 Å². The number of nitrogens with one attached hydrogen (secondary N) is 2. The second-order valence-electron chi connectivity index (χ2n) is 4.99. The van der Waals surface area contributed by atoms with Gasteiger partial charge in [-0.15, -0.1) is 0 Å². The van der Waals surface area contributed by atoms with Gasteiger partial charge in [0.05, 0.1) is 4.47 Å².